The van der Waals surface area contributed by atoms with Crippen LogP contribution in [0.5, 0.6) is 5.75 Å². The van der Waals surface area contributed by atoms with Crippen LogP contribution in [0.4, 0.5) is 4.39 Å². The van der Waals surface area contributed by atoms with Crippen molar-refractivity contribution in [1.82, 2.24) is 9.88 Å². The Kier molecular flexibility index (Phi) is 5.81. The van der Waals surface area contributed by atoms with Gasteiger partial charge in [-0.15, -0.1) is 0 Å². The molecule has 27 heavy (non-hydrogen) atoms. The molecular weight excluding hydrogens is 349 g/mol. The molecule has 1 N–H and O–H groups in total. The Balaban J connectivity index is 1.83. The number of aryl methyl sites for hydroxylation is 1. The second kappa shape index (κ2) is 8.26. The zero-order valence-corrected chi connectivity index (χ0v) is 15.4. The number of benzene rings is 1. The van der Waals surface area contributed by atoms with Crippen LogP contribution in [-0.4, -0.2) is 52.9 Å². The van der Waals surface area contributed by atoms with Gasteiger partial charge < -0.3 is 9.84 Å². The van der Waals surface area contributed by atoms with Crippen LogP contribution in [-0.2, 0) is 0 Å². The highest BCUT2D eigenvalue weighted by Crippen LogP contribution is 2.25. The van der Waals surface area contributed by atoms with Crippen LogP contribution in [0.2, 0.25) is 0 Å². The number of aromatic carboxylic acids is 1. The molecule has 0 bridgehead atoms. The van der Waals surface area contributed by atoms with E-state index in [1.54, 1.807) is 19.1 Å². The van der Waals surface area contributed by atoms with Crippen LogP contribution in [0.25, 0.3) is 0 Å². The lowest BCUT2D eigenvalue weighted by atomic mass is 10.1. The van der Waals surface area contributed by atoms with Crippen LogP contribution in [0.1, 0.15) is 34.6 Å². The number of halogens is 1. The van der Waals surface area contributed by atoms with E-state index in [2.05, 4.69) is 14.9 Å². The van der Waals surface area contributed by atoms with Gasteiger partial charge in [-0.25, -0.2) is 14.2 Å². The van der Waals surface area contributed by atoms with Crippen molar-refractivity contribution in [2.75, 3.05) is 26.2 Å². The molecule has 0 fully saturated rings. The average molecular weight is 371 g/mol. The molecule has 1 aliphatic rings. The molecule has 1 atom stereocenters. The third-order valence-corrected chi connectivity index (χ3v) is 4.48. The maximum absolute atomic E-state index is 14.1. The third kappa shape index (κ3) is 4.89. The monoisotopic (exact) mass is 371 g/mol. The van der Waals surface area contributed by atoms with E-state index in [1.807, 2.05) is 13.0 Å². The maximum atomic E-state index is 14.1. The smallest absolute Gasteiger partial charge is 0.354 e. The number of carboxylic acid groups (broad SMARTS) is 1. The van der Waals surface area contributed by atoms with Crippen molar-refractivity contribution < 1.29 is 19.0 Å². The van der Waals surface area contributed by atoms with Gasteiger partial charge in [0, 0.05) is 25.3 Å². The first-order valence-corrected chi connectivity index (χ1v) is 8.76. The lowest BCUT2D eigenvalue weighted by Gasteiger charge is -2.30. The topological polar surface area (TPSA) is 75.0 Å². The SMILES string of the molecule is CC1=NCCN(C[C@@H](Oc2ccc(C(=O)O)nc2)c2ccc(C)c(F)c2)C1. The predicted octanol–water partition coefficient (Wildman–Crippen LogP) is 3.12. The molecule has 1 aliphatic heterocycles. The summed E-state index contributed by atoms with van der Waals surface area (Å²) in [6.45, 7) is 6.55. The molecule has 0 radical (unpaired) electrons. The minimum Gasteiger partial charge on any atom is -0.483 e. The van der Waals surface area contributed by atoms with E-state index in [4.69, 9.17) is 9.84 Å². The fraction of sp³-hybridized carbons (Fsp3) is 0.350. The number of nitrogens with zero attached hydrogens (tertiary/aromatic N) is 3. The van der Waals surface area contributed by atoms with Crippen LogP contribution in [0.3, 0.4) is 0 Å². The molecule has 3 rings (SSSR count). The molecule has 7 heteroatoms. The largest absolute Gasteiger partial charge is 0.483 e. The van der Waals surface area contributed by atoms with Crippen LogP contribution in [0, 0.1) is 12.7 Å². The van der Waals surface area contributed by atoms with Crippen LogP contribution in [0.15, 0.2) is 41.5 Å². The predicted molar refractivity (Wildman–Crippen MR) is 100 cm³/mol. The summed E-state index contributed by atoms with van der Waals surface area (Å²) in [5, 5.41) is 8.97. The highest BCUT2D eigenvalue weighted by Gasteiger charge is 2.21. The molecule has 142 valence electrons. The van der Waals surface area contributed by atoms with Crippen molar-refractivity contribution in [2.45, 2.75) is 20.0 Å². The van der Waals surface area contributed by atoms with E-state index in [9.17, 15) is 9.18 Å². The molecule has 0 spiro atoms. The zero-order chi connectivity index (χ0) is 19.4. The van der Waals surface area contributed by atoms with Crippen molar-refractivity contribution >= 4 is 11.7 Å². The van der Waals surface area contributed by atoms with Gasteiger partial charge in [-0.1, -0.05) is 12.1 Å². The number of aliphatic imine (C=N–C) groups is 1. The number of carbonyl (C=O) groups is 1. The lowest BCUT2D eigenvalue weighted by molar-refractivity contribution is 0.0690. The van der Waals surface area contributed by atoms with Crippen molar-refractivity contribution in [1.29, 1.82) is 0 Å². The summed E-state index contributed by atoms with van der Waals surface area (Å²) in [6.07, 6.45) is 0.965. The number of pyridine rings is 1. The fourth-order valence-electron chi connectivity index (χ4n) is 2.99. The maximum Gasteiger partial charge on any atom is 0.354 e. The molecule has 1 aromatic heterocycles. The number of hydrogen-bond donors (Lipinski definition) is 1. The Hall–Kier alpha value is -2.80. The average Bonchev–Trinajstić information content (AvgIpc) is 2.64. The van der Waals surface area contributed by atoms with Gasteiger partial charge in [0.1, 0.15) is 23.4 Å². The van der Waals surface area contributed by atoms with Gasteiger partial charge in [0.25, 0.3) is 0 Å². The summed E-state index contributed by atoms with van der Waals surface area (Å²) in [5.74, 6) is -0.938. The van der Waals surface area contributed by atoms with E-state index in [1.165, 1.54) is 18.3 Å². The normalized spacial score (nSPS) is 15.9. The van der Waals surface area contributed by atoms with Crippen molar-refractivity contribution in [2.24, 2.45) is 4.99 Å². The molecule has 0 saturated heterocycles. The van der Waals surface area contributed by atoms with E-state index in [-0.39, 0.29) is 11.5 Å². The second-order valence-electron chi connectivity index (χ2n) is 6.65. The van der Waals surface area contributed by atoms with Gasteiger partial charge in [0.15, 0.2) is 0 Å². The molecule has 1 aromatic carbocycles. The minimum atomic E-state index is -1.10. The standard InChI is InChI=1S/C20H22FN3O3/c1-13-3-4-15(9-17(13)21)19(12-24-8-7-22-14(2)11-24)27-16-5-6-18(20(25)26)23-10-16/h3-6,9-10,19H,7-8,11-12H2,1-2H3,(H,25,26)/t19-/m1/s1. The zero-order valence-electron chi connectivity index (χ0n) is 15.4. The number of carboxylic acids is 1. The van der Waals surface area contributed by atoms with E-state index >= 15 is 0 Å². The number of hydrogen-bond acceptors (Lipinski definition) is 5. The van der Waals surface area contributed by atoms with E-state index < -0.39 is 12.1 Å². The fourth-order valence-corrected chi connectivity index (χ4v) is 2.99. The van der Waals surface area contributed by atoms with Gasteiger partial charge in [0.2, 0.25) is 0 Å². The van der Waals surface area contributed by atoms with Crippen molar-refractivity contribution in [3.8, 4) is 5.75 Å². The summed E-state index contributed by atoms with van der Waals surface area (Å²) in [7, 11) is 0. The molecule has 0 unspecified atom stereocenters. The van der Waals surface area contributed by atoms with E-state index in [0.717, 1.165) is 30.9 Å². The van der Waals surface area contributed by atoms with Gasteiger partial charge in [-0.3, -0.25) is 9.89 Å². The molecular formula is C20H22FN3O3. The highest BCUT2D eigenvalue weighted by atomic mass is 19.1. The first-order valence-electron chi connectivity index (χ1n) is 8.76. The molecule has 0 amide bonds. The Morgan fingerprint density at radius 1 is 1.33 bits per heavy atom. The summed E-state index contributed by atoms with van der Waals surface area (Å²) < 4.78 is 20.2. The van der Waals surface area contributed by atoms with Gasteiger partial charge >= 0.3 is 5.97 Å². The van der Waals surface area contributed by atoms with Crippen molar-refractivity contribution in [3.63, 3.8) is 0 Å². The summed E-state index contributed by atoms with van der Waals surface area (Å²) >= 11 is 0. The number of ether oxygens (including phenoxy) is 1. The van der Waals surface area contributed by atoms with Gasteiger partial charge in [-0.05, 0) is 43.2 Å². The Labute approximate surface area is 157 Å². The minimum absolute atomic E-state index is 0.0526. The lowest BCUT2D eigenvalue weighted by Crippen LogP contribution is -2.39. The third-order valence-electron chi connectivity index (χ3n) is 4.48. The summed E-state index contributed by atoms with van der Waals surface area (Å²) in [4.78, 5) is 21.5. The van der Waals surface area contributed by atoms with Crippen LogP contribution < -0.4 is 4.74 Å². The second-order valence-corrected chi connectivity index (χ2v) is 6.65. The first kappa shape index (κ1) is 19.0. The molecule has 0 saturated carbocycles. The Morgan fingerprint density at radius 3 is 2.78 bits per heavy atom. The molecule has 2 aromatic rings. The summed E-state index contributed by atoms with van der Waals surface area (Å²) in [6, 6.07) is 8.03. The quantitative estimate of drug-likeness (QED) is 0.844. The first-order chi connectivity index (χ1) is 12.9. The Bertz CT molecular complexity index is 852. The van der Waals surface area contributed by atoms with Crippen molar-refractivity contribution in [3.05, 3.63) is 59.2 Å². The molecule has 6 nitrogen and oxygen atoms in total. The highest BCUT2D eigenvalue weighted by molar-refractivity contribution is 5.85. The number of aromatic nitrogens is 1. The summed E-state index contributed by atoms with van der Waals surface area (Å²) in [5.41, 5.74) is 2.30. The Morgan fingerprint density at radius 2 is 2.15 bits per heavy atom. The number of rotatable bonds is 6. The van der Waals surface area contributed by atoms with E-state index in [0.29, 0.717) is 17.9 Å². The van der Waals surface area contributed by atoms with Crippen LogP contribution >= 0.6 is 0 Å². The van der Waals surface area contributed by atoms with Gasteiger partial charge in [0.05, 0.1) is 12.7 Å². The van der Waals surface area contributed by atoms with Gasteiger partial charge in [-0.2, -0.15) is 0 Å². The molecule has 2 heterocycles. The molecule has 0 aliphatic carbocycles.